The van der Waals surface area contributed by atoms with Crippen LogP contribution in [-0.4, -0.2) is 37.2 Å². The second-order valence-electron chi connectivity index (χ2n) is 16.7. The summed E-state index contributed by atoms with van der Waals surface area (Å²) in [6.45, 7) is 6.38. The number of esters is 3. The largest absolute Gasteiger partial charge is 0.462 e. The highest BCUT2D eigenvalue weighted by atomic mass is 16.6. The zero-order valence-corrected chi connectivity index (χ0v) is 40.8. The molecular formula is C57H94O6. The summed E-state index contributed by atoms with van der Waals surface area (Å²) in [7, 11) is 0. The number of rotatable bonds is 45. The van der Waals surface area contributed by atoms with Gasteiger partial charge in [-0.3, -0.25) is 14.4 Å². The molecule has 0 saturated heterocycles. The molecule has 0 aliphatic carbocycles. The quantitative estimate of drug-likeness (QED) is 0.0262. The Morgan fingerprint density at radius 2 is 0.619 bits per heavy atom. The Kier molecular flexibility index (Phi) is 48.0. The molecule has 63 heavy (non-hydrogen) atoms. The Balaban J connectivity index is 4.27. The monoisotopic (exact) mass is 875 g/mol. The molecule has 0 bridgehead atoms. The molecule has 6 nitrogen and oxygen atoms in total. The van der Waals surface area contributed by atoms with Gasteiger partial charge in [0, 0.05) is 19.3 Å². The van der Waals surface area contributed by atoms with E-state index in [0.717, 1.165) is 128 Å². The SMILES string of the molecule is CC/C=C\C/C=C\C/C=C\C/C=C\C/C=C\CCCCCC(=O)OC(COC(=O)CCCCCCC)COC(=O)CCCCCCCC/C=C\C/C=C\C/C=C\CCCCCCC. The third-order valence-corrected chi connectivity index (χ3v) is 10.6. The molecule has 0 fully saturated rings. The van der Waals surface area contributed by atoms with Crippen molar-refractivity contribution in [2.75, 3.05) is 13.2 Å². The second kappa shape index (κ2) is 51.0. The molecular weight excluding hydrogens is 781 g/mol. The predicted octanol–water partition coefficient (Wildman–Crippen LogP) is 17.0. The standard InChI is InChI=1S/C57H94O6/c1-4-7-10-13-15-17-19-21-23-25-27-28-30-31-33-35-37-39-41-44-47-50-56(59)62-53-54(52-61-55(58)49-46-43-12-9-6-3)63-57(60)51-48-45-42-40-38-36-34-32-29-26-24-22-20-18-16-14-11-8-5-2/h8,11,16,18-19,21-22,24-25,27,29-32,36,38,54H,4-7,9-10,12-15,17,20,23,26,28,33-35,37,39-53H2,1-3H3/b11-8-,18-16-,21-19-,24-22-,27-25-,31-30-,32-29-,38-36-. The van der Waals surface area contributed by atoms with Crippen LogP contribution in [0.2, 0.25) is 0 Å². The third kappa shape index (κ3) is 49.2. The van der Waals surface area contributed by atoms with Crippen molar-refractivity contribution < 1.29 is 28.6 Å². The maximum absolute atomic E-state index is 12.7. The minimum atomic E-state index is -0.797. The van der Waals surface area contributed by atoms with E-state index in [4.69, 9.17) is 14.2 Å². The zero-order valence-electron chi connectivity index (χ0n) is 40.8. The molecule has 358 valence electrons. The minimum absolute atomic E-state index is 0.0975. The summed E-state index contributed by atoms with van der Waals surface area (Å²) in [5, 5.41) is 0. The van der Waals surface area contributed by atoms with E-state index < -0.39 is 6.10 Å². The Morgan fingerprint density at radius 3 is 0.984 bits per heavy atom. The topological polar surface area (TPSA) is 78.9 Å². The Morgan fingerprint density at radius 1 is 0.333 bits per heavy atom. The summed E-state index contributed by atoms with van der Waals surface area (Å²) in [5.74, 6) is -0.961. The highest BCUT2D eigenvalue weighted by Gasteiger charge is 2.19. The van der Waals surface area contributed by atoms with Crippen molar-refractivity contribution in [1.29, 1.82) is 0 Å². The smallest absolute Gasteiger partial charge is 0.306 e. The average molecular weight is 875 g/mol. The van der Waals surface area contributed by atoms with Gasteiger partial charge in [0.2, 0.25) is 0 Å². The van der Waals surface area contributed by atoms with Crippen molar-refractivity contribution >= 4 is 17.9 Å². The van der Waals surface area contributed by atoms with Crippen LogP contribution in [-0.2, 0) is 28.6 Å². The zero-order chi connectivity index (χ0) is 45.8. The first-order valence-corrected chi connectivity index (χ1v) is 25.7. The lowest BCUT2D eigenvalue weighted by Gasteiger charge is -2.18. The fourth-order valence-corrected chi connectivity index (χ4v) is 6.71. The molecule has 0 aromatic rings. The molecule has 0 spiro atoms. The van der Waals surface area contributed by atoms with Gasteiger partial charge < -0.3 is 14.2 Å². The molecule has 0 aromatic heterocycles. The molecule has 0 saturated carbocycles. The summed E-state index contributed by atoms with van der Waals surface area (Å²) < 4.78 is 16.6. The molecule has 0 aliphatic rings. The summed E-state index contributed by atoms with van der Waals surface area (Å²) in [6.07, 6.45) is 67.1. The number of carbonyl (C=O) groups is 3. The van der Waals surface area contributed by atoms with E-state index in [2.05, 4.69) is 118 Å². The van der Waals surface area contributed by atoms with Crippen LogP contribution in [0.5, 0.6) is 0 Å². The fourth-order valence-electron chi connectivity index (χ4n) is 6.71. The van der Waals surface area contributed by atoms with Gasteiger partial charge >= 0.3 is 17.9 Å². The third-order valence-electron chi connectivity index (χ3n) is 10.6. The van der Waals surface area contributed by atoms with Gasteiger partial charge in [0.1, 0.15) is 13.2 Å². The molecule has 0 N–H and O–H groups in total. The first-order valence-electron chi connectivity index (χ1n) is 25.7. The number of hydrogen-bond acceptors (Lipinski definition) is 6. The van der Waals surface area contributed by atoms with Crippen LogP contribution >= 0.6 is 0 Å². The van der Waals surface area contributed by atoms with Crippen molar-refractivity contribution in [1.82, 2.24) is 0 Å². The summed E-state index contributed by atoms with van der Waals surface area (Å²) in [5.41, 5.74) is 0. The molecule has 0 radical (unpaired) electrons. The minimum Gasteiger partial charge on any atom is -0.462 e. The van der Waals surface area contributed by atoms with Gasteiger partial charge in [-0.2, -0.15) is 0 Å². The molecule has 6 heteroatoms. The summed E-state index contributed by atoms with van der Waals surface area (Å²) >= 11 is 0. The van der Waals surface area contributed by atoms with Crippen molar-refractivity contribution in [3.63, 3.8) is 0 Å². The maximum Gasteiger partial charge on any atom is 0.306 e. The van der Waals surface area contributed by atoms with Crippen LogP contribution in [0.1, 0.15) is 226 Å². The van der Waals surface area contributed by atoms with Crippen LogP contribution in [0.25, 0.3) is 0 Å². The second-order valence-corrected chi connectivity index (χ2v) is 16.7. The van der Waals surface area contributed by atoms with E-state index in [-0.39, 0.29) is 37.5 Å². The number of hydrogen-bond donors (Lipinski definition) is 0. The van der Waals surface area contributed by atoms with Gasteiger partial charge in [0.05, 0.1) is 0 Å². The van der Waals surface area contributed by atoms with Gasteiger partial charge in [-0.25, -0.2) is 0 Å². The van der Waals surface area contributed by atoms with Crippen LogP contribution in [0.4, 0.5) is 0 Å². The van der Waals surface area contributed by atoms with E-state index >= 15 is 0 Å². The van der Waals surface area contributed by atoms with Crippen LogP contribution < -0.4 is 0 Å². The van der Waals surface area contributed by atoms with Crippen LogP contribution in [0, 0.1) is 0 Å². The highest BCUT2D eigenvalue weighted by Crippen LogP contribution is 2.12. The van der Waals surface area contributed by atoms with E-state index in [9.17, 15) is 14.4 Å². The molecule has 0 aromatic carbocycles. The lowest BCUT2D eigenvalue weighted by atomic mass is 10.1. The highest BCUT2D eigenvalue weighted by molar-refractivity contribution is 5.71. The molecule has 1 atom stereocenters. The molecule has 0 rings (SSSR count). The number of unbranched alkanes of at least 4 members (excludes halogenated alkanes) is 18. The molecule has 0 heterocycles. The van der Waals surface area contributed by atoms with E-state index in [1.165, 1.54) is 57.8 Å². The molecule has 0 amide bonds. The fraction of sp³-hybridized carbons (Fsp3) is 0.667. The Bertz CT molecular complexity index is 1280. The van der Waals surface area contributed by atoms with Crippen LogP contribution in [0.3, 0.4) is 0 Å². The summed E-state index contributed by atoms with van der Waals surface area (Å²) in [4.78, 5) is 37.7. The number of ether oxygens (including phenoxy) is 3. The van der Waals surface area contributed by atoms with Crippen molar-refractivity contribution in [2.24, 2.45) is 0 Å². The van der Waals surface area contributed by atoms with Crippen molar-refractivity contribution in [3.8, 4) is 0 Å². The van der Waals surface area contributed by atoms with Crippen LogP contribution in [0.15, 0.2) is 97.2 Å². The first-order chi connectivity index (χ1) is 31.0. The van der Waals surface area contributed by atoms with Gasteiger partial charge in [0.15, 0.2) is 6.10 Å². The van der Waals surface area contributed by atoms with Crippen molar-refractivity contribution in [3.05, 3.63) is 97.2 Å². The molecule has 1 unspecified atom stereocenters. The average Bonchev–Trinajstić information content (AvgIpc) is 3.28. The first kappa shape index (κ1) is 59.3. The normalized spacial score (nSPS) is 12.9. The van der Waals surface area contributed by atoms with Gasteiger partial charge in [-0.15, -0.1) is 0 Å². The number of allylic oxidation sites excluding steroid dienone is 16. The Hall–Kier alpha value is -3.67. The molecule has 0 aliphatic heterocycles. The number of carbonyl (C=O) groups excluding carboxylic acids is 3. The van der Waals surface area contributed by atoms with E-state index in [1.807, 2.05) is 0 Å². The maximum atomic E-state index is 12.7. The predicted molar refractivity (Wildman–Crippen MR) is 270 cm³/mol. The van der Waals surface area contributed by atoms with E-state index in [1.54, 1.807) is 0 Å². The van der Waals surface area contributed by atoms with Gasteiger partial charge in [0.25, 0.3) is 0 Å². The summed E-state index contributed by atoms with van der Waals surface area (Å²) in [6, 6.07) is 0. The Labute approximate surface area is 387 Å². The lowest BCUT2D eigenvalue weighted by Crippen LogP contribution is -2.30. The van der Waals surface area contributed by atoms with Crippen molar-refractivity contribution in [2.45, 2.75) is 232 Å². The lowest BCUT2D eigenvalue weighted by molar-refractivity contribution is -0.167. The van der Waals surface area contributed by atoms with E-state index in [0.29, 0.717) is 12.8 Å². The van der Waals surface area contributed by atoms with Gasteiger partial charge in [-0.05, 0) is 103 Å². The van der Waals surface area contributed by atoms with Gasteiger partial charge in [-0.1, -0.05) is 201 Å².